The van der Waals surface area contributed by atoms with E-state index >= 15 is 0 Å². The minimum atomic E-state index is -1.08. The minimum absolute atomic E-state index is 0.0157. The molecule has 1 rings (SSSR count). The van der Waals surface area contributed by atoms with Gasteiger partial charge in [0.15, 0.2) is 0 Å². The van der Waals surface area contributed by atoms with Crippen molar-refractivity contribution >= 4 is 17.7 Å². The molecule has 0 aromatic heterocycles. The van der Waals surface area contributed by atoms with E-state index in [2.05, 4.69) is 5.32 Å². The Bertz CT molecular complexity index is 500. The predicted molar refractivity (Wildman–Crippen MR) is 79.9 cm³/mol. The lowest BCUT2D eigenvalue weighted by molar-refractivity contribution is 0.0440. The zero-order chi connectivity index (χ0) is 16.9. The molecule has 0 spiro atoms. The first-order valence-corrected chi connectivity index (χ1v) is 7.32. The maximum Gasteiger partial charge on any atom is 0.407 e. The van der Waals surface area contributed by atoms with Crippen molar-refractivity contribution in [3.05, 3.63) is 35.4 Å². The van der Waals surface area contributed by atoms with E-state index in [9.17, 15) is 18.7 Å². The predicted octanol–water partition coefficient (Wildman–Crippen LogP) is 3.00. The van der Waals surface area contributed by atoms with Crippen molar-refractivity contribution in [2.24, 2.45) is 0 Å². The molecular formula is C15H20ClF2NO3. The third kappa shape index (κ3) is 6.58. The third-order valence-electron chi connectivity index (χ3n) is 2.70. The first-order valence-electron chi connectivity index (χ1n) is 6.79. The molecule has 0 aliphatic rings. The van der Waals surface area contributed by atoms with Crippen LogP contribution >= 0.6 is 11.6 Å². The quantitative estimate of drug-likeness (QED) is 0.813. The smallest absolute Gasteiger partial charge is 0.407 e. The molecule has 22 heavy (non-hydrogen) atoms. The fourth-order valence-electron chi connectivity index (χ4n) is 1.83. The van der Waals surface area contributed by atoms with Crippen LogP contribution in [0.5, 0.6) is 0 Å². The van der Waals surface area contributed by atoms with E-state index in [-0.39, 0.29) is 12.3 Å². The number of nitrogens with one attached hydrogen (secondary N) is 1. The molecule has 1 aromatic carbocycles. The SMILES string of the molecule is CC(C)(C)OC(=O)NC(Cc1cc(F)cc(F)c1)C(O)CCl. The van der Waals surface area contributed by atoms with Gasteiger partial charge in [0.2, 0.25) is 0 Å². The van der Waals surface area contributed by atoms with Crippen molar-refractivity contribution in [2.45, 2.75) is 44.9 Å². The Hall–Kier alpha value is -1.40. The van der Waals surface area contributed by atoms with Crippen LogP contribution in [0.15, 0.2) is 18.2 Å². The molecule has 0 aliphatic carbocycles. The van der Waals surface area contributed by atoms with Crippen molar-refractivity contribution in [3.63, 3.8) is 0 Å². The van der Waals surface area contributed by atoms with Gasteiger partial charge in [-0.05, 0) is 44.9 Å². The number of aliphatic hydroxyl groups is 1. The van der Waals surface area contributed by atoms with Gasteiger partial charge in [-0.2, -0.15) is 0 Å². The minimum Gasteiger partial charge on any atom is -0.444 e. The van der Waals surface area contributed by atoms with Crippen LogP contribution in [0.3, 0.4) is 0 Å². The van der Waals surface area contributed by atoms with Crippen molar-refractivity contribution in [3.8, 4) is 0 Å². The van der Waals surface area contributed by atoms with Gasteiger partial charge in [-0.15, -0.1) is 11.6 Å². The average molecular weight is 336 g/mol. The van der Waals surface area contributed by atoms with Gasteiger partial charge in [0, 0.05) is 6.07 Å². The normalized spacial score (nSPS) is 14.3. The summed E-state index contributed by atoms with van der Waals surface area (Å²) in [7, 11) is 0. The summed E-state index contributed by atoms with van der Waals surface area (Å²) in [5, 5.41) is 12.3. The number of halogens is 3. The van der Waals surface area contributed by atoms with E-state index in [0.717, 1.165) is 18.2 Å². The number of benzene rings is 1. The lowest BCUT2D eigenvalue weighted by atomic mass is 10.0. The van der Waals surface area contributed by atoms with Crippen molar-refractivity contribution in [1.82, 2.24) is 5.32 Å². The summed E-state index contributed by atoms with van der Waals surface area (Å²) in [6.07, 6.45) is -1.80. The van der Waals surface area contributed by atoms with E-state index in [1.54, 1.807) is 20.8 Å². The fourth-order valence-corrected chi connectivity index (χ4v) is 2.05. The second-order valence-corrected chi connectivity index (χ2v) is 6.26. The average Bonchev–Trinajstić information content (AvgIpc) is 2.33. The largest absolute Gasteiger partial charge is 0.444 e. The first kappa shape index (κ1) is 18.6. The summed E-state index contributed by atoms with van der Waals surface area (Å²) < 4.78 is 31.5. The second kappa shape index (κ2) is 7.74. The van der Waals surface area contributed by atoms with Gasteiger partial charge in [-0.1, -0.05) is 0 Å². The summed E-state index contributed by atoms with van der Waals surface area (Å²) in [4.78, 5) is 11.8. The zero-order valence-electron chi connectivity index (χ0n) is 12.7. The Morgan fingerprint density at radius 1 is 1.32 bits per heavy atom. The Morgan fingerprint density at radius 3 is 2.32 bits per heavy atom. The van der Waals surface area contributed by atoms with Gasteiger partial charge in [-0.25, -0.2) is 13.6 Å². The Morgan fingerprint density at radius 2 is 1.86 bits per heavy atom. The van der Waals surface area contributed by atoms with E-state index in [0.29, 0.717) is 5.56 Å². The fraction of sp³-hybridized carbons (Fsp3) is 0.533. The van der Waals surface area contributed by atoms with Gasteiger partial charge in [0.1, 0.15) is 17.2 Å². The van der Waals surface area contributed by atoms with Crippen LogP contribution in [0.2, 0.25) is 0 Å². The van der Waals surface area contributed by atoms with Gasteiger partial charge in [-0.3, -0.25) is 0 Å². The number of aliphatic hydroxyl groups excluding tert-OH is 1. The number of hydrogen-bond acceptors (Lipinski definition) is 3. The summed E-state index contributed by atoms with van der Waals surface area (Å²) >= 11 is 5.60. The van der Waals surface area contributed by atoms with Crippen LogP contribution in [-0.2, 0) is 11.2 Å². The van der Waals surface area contributed by atoms with E-state index in [1.807, 2.05) is 0 Å². The first-order chi connectivity index (χ1) is 10.1. The van der Waals surface area contributed by atoms with Crippen LogP contribution in [-0.4, -0.2) is 34.8 Å². The molecule has 0 radical (unpaired) electrons. The standard InChI is InChI=1S/C15H20ClF2NO3/c1-15(2,3)22-14(21)19-12(13(20)8-16)6-9-4-10(17)7-11(18)5-9/h4-5,7,12-13,20H,6,8H2,1-3H3,(H,19,21). The molecule has 1 amide bonds. The van der Waals surface area contributed by atoms with Crippen molar-refractivity contribution in [1.29, 1.82) is 0 Å². The van der Waals surface area contributed by atoms with Crippen LogP contribution in [0, 0.1) is 11.6 Å². The monoisotopic (exact) mass is 335 g/mol. The summed E-state index contributed by atoms with van der Waals surface area (Å²) in [6.45, 7) is 5.09. The lowest BCUT2D eigenvalue weighted by Crippen LogP contribution is -2.47. The molecular weight excluding hydrogens is 316 g/mol. The Balaban J connectivity index is 2.82. The van der Waals surface area contributed by atoms with Crippen LogP contribution in [0.1, 0.15) is 26.3 Å². The highest BCUT2D eigenvalue weighted by atomic mass is 35.5. The Kier molecular flexibility index (Phi) is 6.56. The molecule has 0 heterocycles. The van der Waals surface area contributed by atoms with Crippen molar-refractivity contribution < 1.29 is 23.4 Å². The van der Waals surface area contributed by atoms with E-state index < -0.39 is 35.5 Å². The van der Waals surface area contributed by atoms with Gasteiger partial charge >= 0.3 is 6.09 Å². The number of rotatable bonds is 5. The molecule has 0 fully saturated rings. The molecule has 2 unspecified atom stereocenters. The molecule has 7 heteroatoms. The molecule has 0 aliphatic heterocycles. The third-order valence-corrected chi connectivity index (χ3v) is 3.02. The summed E-state index contributed by atoms with van der Waals surface area (Å²) in [5.41, 5.74) is -0.409. The number of amides is 1. The molecule has 0 saturated heterocycles. The number of alkyl halides is 1. The number of hydrogen-bond donors (Lipinski definition) is 2. The molecule has 2 atom stereocenters. The zero-order valence-corrected chi connectivity index (χ0v) is 13.5. The number of ether oxygens (including phenoxy) is 1. The molecule has 2 N–H and O–H groups in total. The molecule has 4 nitrogen and oxygen atoms in total. The van der Waals surface area contributed by atoms with Crippen LogP contribution < -0.4 is 5.32 Å². The van der Waals surface area contributed by atoms with Crippen molar-refractivity contribution in [2.75, 3.05) is 5.88 Å². The number of alkyl carbamates (subject to hydrolysis) is 1. The van der Waals surface area contributed by atoms with Gasteiger partial charge < -0.3 is 15.2 Å². The van der Waals surface area contributed by atoms with E-state index in [1.165, 1.54) is 0 Å². The molecule has 1 aromatic rings. The maximum absolute atomic E-state index is 13.2. The van der Waals surface area contributed by atoms with E-state index in [4.69, 9.17) is 16.3 Å². The second-order valence-electron chi connectivity index (χ2n) is 5.96. The van der Waals surface area contributed by atoms with Crippen LogP contribution in [0.25, 0.3) is 0 Å². The summed E-state index contributed by atoms with van der Waals surface area (Å²) in [5.74, 6) is -1.60. The maximum atomic E-state index is 13.2. The highest BCUT2D eigenvalue weighted by Crippen LogP contribution is 2.13. The number of carbonyl (C=O) groups is 1. The van der Waals surface area contributed by atoms with Crippen LogP contribution in [0.4, 0.5) is 13.6 Å². The highest BCUT2D eigenvalue weighted by Gasteiger charge is 2.24. The Labute approximate surface area is 133 Å². The van der Waals surface area contributed by atoms with Gasteiger partial charge in [0.25, 0.3) is 0 Å². The van der Waals surface area contributed by atoms with Gasteiger partial charge in [0.05, 0.1) is 18.0 Å². The number of carbonyl (C=O) groups excluding carboxylic acids is 1. The molecule has 124 valence electrons. The molecule has 0 bridgehead atoms. The summed E-state index contributed by atoms with van der Waals surface area (Å²) in [6, 6.07) is 2.19. The lowest BCUT2D eigenvalue weighted by Gasteiger charge is -2.26. The highest BCUT2D eigenvalue weighted by molar-refractivity contribution is 6.18. The topological polar surface area (TPSA) is 58.6 Å². The molecule has 0 saturated carbocycles.